The van der Waals surface area contributed by atoms with E-state index in [0.29, 0.717) is 25.3 Å². The molecule has 0 aromatic heterocycles. The molecule has 1 aliphatic carbocycles. The van der Waals surface area contributed by atoms with E-state index >= 15 is 0 Å². The molecule has 0 radical (unpaired) electrons. The molecule has 1 unspecified atom stereocenters. The molecule has 0 bridgehead atoms. The Morgan fingerprint density at radius 1 is 1.35 bits per heavy atom. The van der Waals surface area contributed by atoms with Crippen molar-refractivity contribution in [3.63, 3.8) is 0 Å². The van der Waals surface area contributed by atoms with Crippen LogP contribution in [0.15, 0.2) is 30.3 Å². The largest absolute Gasteiger partial charge is 0.355 e. The highest BCUT2D eigenvalue weighted by Crippen LogP contribution is 2.37. The number of carbonyl (C=O) groups excluding carboxylic acids is 1. The second kappa shape index (κ2) is 6.56. The van der Waals surface area contributed by atoms with E-state index in [-0.39, 0.29) is 5.91 Å². The number of amides is 1. The van der Waals surface area contributed by atoms with Gasteiger partial charge in [0.15, 0.2) is 0 Å². The van der Waals surface area contributed by atoms with Crippen LogP contribution < -0.4 is 5.32 Å². The highest BCUT2D eigenvalue weighted by atomic mass is 16.2. The standard InChI is InChI=1S/C17H22N2O/c1-14(15-7-3-2-4-8-15)9-12-19-16(20)17(13-18)10-5-6-11-17/h2-4,7-8,14H,5-6,9-12H2,1H3,(H,19,20). The van der Waals surface area contributed by atoms with Gasteiger partial charge in [-0.05, 0) is 30.7 Å². The molecule has 0 heterocycles. The lowest BCUT2D eigenvalue weighted by molar-refractivity contribution is -0.127. The van der Waals surface area contributed by atoms with Crippen LogP contribution in [0, 0.1) is 16.7 Å². The summed E-state index contributed by atoms with van der Waals surface area (Å²) in [5, 5.41) is 12.2. The number of benzene rings is 1. The van der Waals surface area contributed by atoms with E-state index in [0.717, 1.165) is 19.3 Å². The van der Waals surface area contributed by atoms with Gasteiger partial charge in [-0.2, -0.15) is 5.26 Å². The van der Waals surface area contributed by atoms with E-state index in [4.69, 9.17) is 0 Å². The van der Waals surface area contributed by atoms with Gasteiger partial charge in [-0.25, -0.2) is 0 Å². The molecule has 1 amide bonds. The number of carbonyl (C=O) groups is 1. The van der Waals surface area contributed by atoms with Crippen molar-refractivity contribution >= 4 is 5.91 Å². The second-order valence-electron chi connectivity index (χ2n) is 5.76. The van der Waals surface area contributed by atoms with Crippen LogP contribution in [0.5, 0.6) is 0 Å². The van der Waals surface area contributed by atoms with Crippen molar-refractivity contribution in [3.05, 3.63) is 35.9 Å². The Balaban J connectivity index is 1.81. The Morgan fingerprint density at radius 3 is 2.60 bits per heavy atom. The normalized spacial score (nSPS) is 18.2. The zero-order valence-corrected chi connectivity index (χ0v) is 12.1. The molecule has 0 spiro atoms. The molecule has 1 N–H and O–H groups in total. The maximum atomic E-state index is 12.2. The predicted octanol–water partition coefficient (Wildman–Crippen LogP) is 3.38. The van der Waals surface area contributed by atoms with Gasteiger partial charge in [0.25, 0.3) is 0 Å². The van der Waals surface area contributed by atoms with E-state index in [9.17, 15) is 10.1 Å². The Morgan fingerprint density at radius 2 is 2.00 bits per heavy atom. The maximum Gasteiger partial charge on any atom is 0.240 e. The highest BCUT2D eigenvalue weighted by molar-refractivity contribution is 5.85. The Bertz CT molecular complexity index is 483. The van der Waals surface area contributed by atoms with Crippen LogP contribution in [0.2, 0.25) is 0 Å². The zero-order chi connectivity index (χ0) is 14.4. The monoisotopic (exact) mass is 270 g/mol. The SMILES string of the molecule is CC(CCNC(=O)C1(C#N)CCCC1)c1ccccc1. The molecule has 1 aromatic carbocycles. The lowest BCUT2D eigenvalue weighted by Crippen LogP contribution is -2.38. The van der Waals surface area contributed by atoms with Gasteiger partial charge in [0.1, 0.15) is 5.41 Å². The smallest absolute Gasteiger partial charge is 0.240 e. The fourth-order valence-electron chi connectivity index (χ4n) is 2.89. The molecule has 3 heteroatoms. The van der Waals surface area contributed by atoms with E-state index < -0.39 is 5.41 Å². The summed E-state index contributed by atoms with van der Waals surface area (Å²) in [5.41, 5.74) is 0.535. The molecule has 2 rings (SSSR count). The van der Waals surface area contributed by atoms with Gasteiger partial charge >= 0.3 is 0 Å². The number of hydrogen-bond acceptors (Lipinski definition) is 2. The molecule has 0 saturated heterocycles. The van der Waals surface area contributed by atoms with Crippen LogP contribution in [-0.4, -0.2) is 12.5 Å². The van der Waals surface area contributed by atoms with Crippen LogP contribution in [0.25, 0.3) is 0 Å². The first-order valence-corrected chi connectivity index (χ1v) is 7.42. The molecule has 1 aromatic rings. The van der Waals surface area contributed by atoms with Crippen molar-refractivity contribution < 1.29 is 4.79 Å². The van der Waals surface area contributed by atoms with Crippen LogP contribution in [0.1, 0.15) is 50.5 Å². The zero-order valence-electron chi connectivity index (χ0n) is 12.1. The average molecular weight is 270 g/mol. The van der Waals surface area contributed by atoms with Crippen molar-refractivity contribution in [2.45, 2.75) is 44.9 Å². The molecular formula is C17H22N2O. The molecule has 3 nitrogen and oxygen atoms in total. The van der Waals surface area contributed by atoms with Crippen molar-refractivity contribution in [3.8, 4) is 6.07 Å². The highest BCUT2D eigenvalue weighted by Gasteiger charge is 2.41. The molecule has 20 heavy (non-hydrogen) atoms. The summed E-state index contributed by atoms with van der Waals surface area (Å²) in [6.45, 7) is 2.80. The average Bonchev–Trinajstić information content (AvgIpc) is 2.98. The number of rotatable bonds is 5. The first-order valence-electron chi connectivity index (χ1n) is 7.42. The minimum absolute atomic E-state index is 0.0715. The minimum atomic E-state index is -0.754. The Hall–Kier alpha value is -1.82. The molecule has 106 valence electrons. The van der Waals surface area contributed by atoms with Gasteiger partial charge in [-0.1, -0.05) is 50.1 Å². The van der Waals surface area contributed by atoms with Gasteiger partial charge in [0, 0.05) is 6.54 Å². The van der Waals surface area contributed by atoms with Crippen LogP contribution in [0.4, 0.5) is 0 Å². The van der Waals surface area contributed by atoms with E-state index in [2.05, 4.69) is 30.4 Å². The van der Waals surface area contributed by atoms with Gasteiger partial charge in [0.05, 0.1) is 6.07 Å². The molecule has 1 fully saturated rings. The third-order valence-electron chi connectivity index (χ3n) is 4.34. The number of nitriles is 1. The van der Waals surface area contributed by atoms with Crippen molar-refractivity contribution in [2.24, 2.45) is 5.41 Å². The van der Waals surface area contributed by atoms with Gasteiger partial charge < -0.3 is 5.32 Å². The summed E-state index contributed by atoms with van der Waals surface area (Å²) >= 11 is 0. The maximum absolute atomic E-state index is 12.2. The van der Waals surface area contributed by atoms with Crippen molar-refractivity contribution in [1.29, 1.82) is 5.26 Å². The first kappa shape index (κ1) is 14.6. The summed E-state index contributed by atoms with van der Waals surface area (Å²) in [7, 11) is 0. The molecular weight excluding hydrogens is 248 g/mol. The summed E-state index contributed by atoms with van der Waals surface area (Å²) in [6, 6.07) is 12.5. The topological polar surface area (TPSA) is 52.9 Å². The Kier molecular flexibility index (Phi) is 4.79. The number of hydrogen-bond donors (Lipinski definition) is 1. The van der Waals surface area contributed by atoms with E-state index in [1.165, 1.54) is 5.56 Å². The number of nitrogens with zero attached hydrogens (tertiary/aromatic N) is 1. The molecule has 1 aliphatic rings. The minimum Gasteiger partial charge on any atom is -0.355 e. The lowest BCUT2D eigenvalue weighted by atomic mass is 9.87. The third kappa shape index (κ3) is 3.19. The summed E-state index contributed by atoms with van der Waals surface area (Å²) in [5.74, 6) is 0.343. The fourth-order valence-corrected chi connectivity index (χ4v) is 2.89. The first-order chi connectivity index (χ1) is 9.68. The summed E-state index contributed by atoms with van der Waals surface area (Å²) in [4.78, 5) is 12.2. The lowest BCUT2D eigenvalue weighted by Gasteiger charge is -2.20. The third-order valence-corrected chi connectivity index (χ3v) is 4.34. The van der Waals surface area contributed by atoms with Crippen LogP contribution in [0.3, 0.4) is 0 Å². The quantitative estimate of drug-likeness (QED) is 0.891. The van der Waals surface area contributed by atoms with Crippen molar-refractivity contribution in [2.75, 3.05) is 6.54 Å². The Labute approximate surface area is 121 Å². The van der Waals surface area contributed by atoms with Crippen LogP contribution >= 0.6 is 0 Å². The predicted molar refractivity (Wildman–Crippen MR) is 79.0 cm³/mol. The van der Waals surface area contributed by atoms with E-state index in [1.54, 1.807) is 0 Å². The van der Waals surface area contributed by atoms with Crippen LogP contribution in [-0.2, 0) is 4.79 Å². The van der Waals surface area contributed by atoms with E-state index in [1.807, 2.05) is 18.2 Å². The second-order valence-corrected chi connectivity index (χ2v) is 5.76. The fraction of sp³-hybridized carbons (Fsp3) is 0.529. The summed E-state index contributed by atoms with van der Waals surface area (Å²) in [6.07, 6.45) is 4.30. The molecule has 1 atom stereocenters. The molecule has 0 aliphatic heterocycles. The van der Waals surface area contributed by atoms with Gasteiger partial charge in [-0.3, -0.25) is 4.79 Å². The van der Waals surface area contributed by atoms with Gasteiger partial charge in [-0.15, -0.1) is 0 Å². The van der Waals surface area contributed by atoms with Gasteiger partial charge in [0.2, 0.25) is 5.91 Å². The van der Waals surface area contributed by atoms with Crippen molar-refractivity contribution in [1.82, 2.24) is 5.32 Å². The summed E-state index contributed by atoms with van der Waals surface area (Å²) < 4.78 is 0. The number of nitrogens with one attached hydrogen (secondary N) is 1. The molecule has 1 saturated carbocycles.